The number of aromatic hydroxyl groups is 1. The molecule has 0 aromatic heterocycles. The second kappa shape index (κ2) is 5.23. The van der Waals surface area contributed by atoms with E-state index in [4.69, 9.17) is 11.6 Å². The SMILES string of the molecule is CCC(=O)c1ccc(-c2cccc(O)c2)cc1Cl. The van der Waals surface area contributed by atoms with Crippen LogP contribution in [-0.2, 0) is 0 Å². The molecular weight excluding hydrogens is 248 g/mol. The van der Waals surface area contributed by atoms with E-state index in [-0.39, 0.29) is 11.5 Å². The summed E-state index contributed by atoms with van der Waals surface area (Å²) in [5.74, 6) is 0.236. The number of carbonyl (C=O) groups excluding carboxylic acids is 1. The zero-order valence-electron chi connectivity index (χ0n) is 9.98. The van der Waals surface area contributed by atoms with Gasteiger partial charge in [0.05, 0.1) is 5.02 Å². The summed E-state index contributed by atoms with van der Waals surface area (Å²) in [6.45, 7) is 1.81. The summed E-state index contributed by atoms with van der Waals surface area (Å²) in [6, 6.07) is 12.2. The fourth-order valence-electron chi connectivity index (χ4n) is 1.80. The number of hydrogen-bond donors (Lipinski definition) is 1. The standard InChI is InChI=1S/C15H13ClO2/c1-2-15(18)13-7-6-11(9-14(13)16)10-4-3-5-12(17)8-10/h3-9,17H,2H2,1H3. The summed E-state index contributed by atoms with van der Waals surface area (Å²) in [5, 5.41) is 9.88. The van der Waals surface area contributed by atoms with Crippen LogP contribution in [0.1, 0.15) is 23.7 Å². The molecule has 0 spiro atoms. The van der Waals surface area contributed by atoms with E-state index in [1.165, 1.54) is 0 Å². The second-order valence-corrected chi connectivity index (χ2v) is 4.43. The topological polar surface area (TPSA) is 37.3 Å². The van der Waals surface area contributed by atoms with Gasteiger partial charge in [0.2, 0.25) is 0 Å². The van der Waals surface area contributed by atoms with Crippen LogP contribution in [0.5, 0.6) is 5.75 Å². The van der Waals surface area contributed by atoms with Gasteiger partial charge in [0.25, 0.3) is 0 Å². The number of rotatable bonds is 3. The summed E-state index contributed by atoms with van der Waals surface area (Å²) >= 11 is 6.11. The van der Waals surface area contributed by atoms with Crippen molar-refractivity contribution < 1.29 is 9.90 Å². The number of halogens is 1. The van der Waals surface area contributed by atoms with Gasteiger partial charge in [-0.25, -0.2) is 0 Å². The largest absolute Gasteiger partial charge is 0.508 e. The molecule has 0 bridgehead atoms. The Labute approximate surface area is 111 Å². The first kappa shape index (κ1) is 12.7. The lowest BCUT2D eigenvalue weighted by atomic mass is 10.0. The van der Waals surface area contributed by atoms with Crippen molar-refractivity contribution in [1.82, 2.24) is 0 Å². The summed E-state index contributed by atoms with van der Waals surface area (Å²) < 4.78 is 0. The molecule has 0 fully saturated rings. The van der Waals surface area contributed by atoms with Crippen molar-refractivity contribution >= 4 is 17.4 Å². The van der Waals surface area contributed by atoms with Gasteiger partial charge in [-0.3, -0.25) is 4.79 Å². The van der Waals surface area contributed by atoms with Crippen LogP contribution < -0.4 is 0 Å². The molecule has 0 atom stereocenters. The van der Waals surface area contributed by atoms with Crippen molar-refractivity contribution in [1.29, 1.82) is 0 Å². The molecule has 0 aliphatic rings. The molecule has 0 aliphatic carbocycles. The van der Waals surface area contributed by atoms with Gasteiger partial charge in [0.15, 0.2) is 5.78 Å². The predicted molar refractivity (Wildman–Crippen MR) is 73.2 cm³/mol. The average molecular weight is 261 g/mol. The van der Waals surface area contributed by atoms with Crippen LogP contribution in [0.25, 0.3) is 11.1 Å². The lowest BCUT2D eigenvalue weighted by Gasteiger charge is -2.06. The van der Waals surface area contributed by atoms with Gasteiger partial charge in [-0.15, -0.1) is 0 Å². The quantitative estimate of drug-likeness (QED) is 0.835. The summed E-state index contributed by atoms with van der Waals surface area (Å²) in [6.07, 6.45) is 0.436. The Morgan fingerprint density at radius 1 is 1.17 bits per heavy atom. The number of phenols is 1. The summed E-state index contributed by atoms with van der Waals surface area (Å²) in [7, 11) is 0. The number of phenolic OH excluding ortho intramolecular Hbond substituents is 1. The van der Waals surface area contributed by atoms with Crippen molar-refractivity contribution in [2.75, 3.05) is 0 Å². The Balaban J connectivity index is 2.43. The molecule has 1 N–H and O–H groups in total. The summed E-state index contributed by atoms with van der Waals surface area (Å²) in [4.78, 5) is 11.6. The number of benzene rings is 2. The molecule has 0 heterocycles. The van der Waals surface area contributed by atoms with Crippen molar-refractivity contribution in [2.45, 2.75) is 13.3 Å². The van der Waals surface area contributed by atoms with E-state index in [1.54, 1.807) is 30.3 Å². The molecule has 0 radical (unpaired) electrons. The van der Waals surface area contributed by atoms with E-state index >= 15 is 0 Å². The maximum absolute atomic E-state index is 11.6. The molecule has 18 heavy (non-hydrogen) atoms. The van der Waals surface area contributed by atoms with Gasteiger partial charge < -0.3 is 5.11 Å². The van der Waals surface area contributed by atoms with Gasteiger partial charge in [0, 0.05) is 12.0 Å². The Morgan fingerprint density at radius 2 is 1.89 bits per heavy atom. The highest BCUT2D eigenvalue weighted by molar-refractivity contribution is 6.34. The third-order valence-electron chi connectivity index (χ3n) is 2.77. The molecule has 92 valence electrons. The molecule has 2 aromatic carbocycles. The van der Waals surface area contributed by atoms with E-state index < -0.39 is 0 Å². The van der Waals surface area contributed by atoms with Crippen molar-refractivity contribution in [3.05, 3.63) is 53.1 Å². The number of hydrogen-bond acceptors (Lipinski definition) is 2. The highest BCUT2D eigenvalue weighted by Gasteiger charge is 2.09. The molecule has 2 nitrogen and oxygen atoms in total. The zero-order chi connectivity index (χ0) is 13.1. The predicted octanol–water partition coefficient (Wildman–Crippen LogP) is 4.31. The first-order valence-corrected chi connectivity index (χ1v) is 6.11. The molecule has 0 saturated heterocycles. The van der Waals surface area contributed by atoms with Crippen LogP contribution in [0.3, 0.4) is 0 Å². The molecule has 2 aromatic rings. The molecular formula is C15H13ClO2. The van der Waals surface area contributed by atoms with E-state index in [9.17, 15) is 9.90 Å². The van der Waals surface area contributed by atoms with E-state index in [1.807, 2.05) is 19.1 Å². The van der Waals surface area contributed by atoms with Crippen LogP contribution in [0.4, 0.5) is 0 Å². The monoisotopic (exact) mass is 260 g/mol. The minimum Gasteiger partial charge on any atom is -0.508 e. The second-order valence-electron chi connectivity index (χ2n) is 4.02. The lowest BCUT2D eigenvalue weighted by molar-refractivity contribution is 0.0988. The van der Waals surface area contributed by atoms with Gasteiger partial charge in [-0.1, -0.05) is 36.7 Å². The molecule has 3 heteroatoms. The summed E-state index contributed by atoms with van der Waals surface area (Å²) in [5.41, 5.74) is 2.29. The third-order valence-corrected chi connectivity index (χ3v) is 3.08. The third kappa shape index (κ3) is 2.54. The molecule has 0 unspecified atom stereocenters. The Kier molecular flexibility index (Phi) is 3.68. The van der Waals surface area contributed by atoms with Crippen LogP contribution in [0.2, 0.25) is 5.02 Å². The zero-order valence-corrected chi connectivity index (χ0v) is 10.7. The fourth-order valence-corrected chi connectivity index (χ4v) is 2.08. The van der Waals surface area contributed by atoms with E-state index in [0.717, 1.165) is 11.1 Å². The van der Waals surface area contributed by atoms with E-state index in [2.05, 4.69) is 0 Å². The maximum Gasteiger partial charge on any atom is 0.164 e. The smallest absolute Gasteiger partial charge is 0.164 e. The average Bonchev–Trinajstić information content (AvgIpc) is 2.37. The van der Waals surface area contributed by atoms with Crippen LogP contribution >= 0.6 is 11.6 Å². The Hall–Kier alpha value is -1.80. The van der Waals surface area contributed by atoms with Crippen LogP contribution in [0, 0.1) is 0 Å². The highest BCUT2D eigenvalue weighted by atomic mass is 35.5. The number of ketones is 1. The van der Waals surface area contributed by atoms with Crippen molar-refractivity contribution in [2.24, 2.45) is 0 Å². The van der Waals surface area contributed by atoms with Crippen molar-refractivity contribution in [3.63, 3.8) is 0 Å². The molecule has 0 saturated carbocycles. The number of Topliss-reactive ketones (excluding diaryl/α,β-unsaturated/α-hetero) is 1. The van der Waals surface area contributed by atoms with Crippen LogP contribution in [-0.4, -0.2) is 10.9 Å². The van der Waals surface area contributed by atoms with Gasteiger partial charge in [0.1, 0.15) is 5.75 Å². The normalized spacial score (nSPS) is 10.3. The molecule has 0 amide bonds. The van der Waals surface area contributed by atoms with Gasteiger partial charge in [-0.2, -0.15) is 0 Å². The van der Waals surface area contributed by atoms with Gasteiger partial charge >= 0.3 is 0 Å². The van der Waals surface area contributed by atoms with Crippen molar-refractivity contribution in [3.8, 4) is 16.9 Å². The fraction of sp³-hybridized carbons (Fsp3) is 0.133. The molecule has 2 rings (SSSR count). The minimum absolute atomic E-state index is 0.0301. The Morgan fingerprint density at radius 3 is 2.50 bits per heavy atom. The minimum atomic E-state index is 0.0301. The first-order chi connectivity index (χ1) is 8.61. The highest BCUT2D eigenvalue weighted by Crippen LogP contribution is 2.28. The number of carbonyl (C=O) groups is 1. The van der Waals surface area contributed by atoms with Crippen LogP contribution in [0.15, 0.2) is 42.5 Å². The lowest BCUT2D eigenvalue weighted by Crippen LogP contribution is -1.97. The molecule has 0 aliphatic heterocycles. The van der Waals surface area contributed by atoms with E-state index in [0.29, 0.717) is 17.0 Å². The Bertz CT molecular complexity index is 591. The first-order valence-electron chi connectivity index (χ1n) is 5.74. The van der Waals surface area contributed by atoms with Gasteiger partial charge in [-0.05, 0) is 35.4 Å². The maximum atomic E-state index is 11.6.